The maximum atomic E-state index is 12.1. The number of halogens is 1. The maximum absolute atomic E-state index is 12.1. The van der Waals surface area contributed by atoms with Crippen molar-refractivity contribution >= 4 is 17.5 Å². The van der Waals surface area contributed by atoms with Gasteiger partial charge in [0.15, 0.2) is 17.2 Å². The number of rotatable bonds is 7. The van der Waals surface area contributed by atoms with Crippen LogP contribution in [0.1, 0.15) is 23.0 Å². The zero-order chi connectivity index (χ0) is 16.8. The van der Waals surface area contributed by atoms with Crippen LogP contribution in [0.25, 0.3) is 0 Å². The first-order valence-electron chi connectivity index (χ1n) is 7.31. The maximum Gasteiger partial charge on any atom is 0.273 e. The van der Waals surface area contributed by atoms with Gasteiger partial charge in [0.1, 0.15) is 0 Å². The standard InChI is InChI=1S/C16H20ClN3O3/c1-4-20-10-12(17)15(19-20)16(21)18-8-7-11-5-6-13(22-2)14(9-11)23-3/h5-6,9-10H,4,7-8H2,1-3H3,(H,18,21). The lowest BCUT2D eigenvalue weighted by atomic mass is 10.1. The van der Waals surface area contributed by atoms with Crippen molar-refractivity contribution < 1.29 is 14.3 Å². The van der Waals surface area contributed by atoms with Crippen molar-refractivity contribution in [2.45, 2.75) is 19.9 Å². The molecule has 0 aliphatic carbocycles. The number of amides is 1. The zero-order valence-electron chi connectivity index (χ0n) is 13.4. The predicted octanol–water partition coefficient (Wildman–Crippen LogP) is 2.55. The van der Waals surface area contributed by atoms with E-state index in [1.54, 1.807) is 25.1 Å². The van der Waals surface area contributed by atoms with Crippen molar-refractivity contribution in [3.63, 3.8) is 0 Å². The Balaban J connectivity index is 1.94. The van der Waals surface area contributed by atoms with Gasteiger partial charge < -0.3 is 14.8 Å². The fraction of sp³-hybridized carbons (Fsp3) is 0.375. The smallest absolute Gasteiger partial charge is 0.273 e. The fourth-order valence-electron chi connectivity index (χ4n) is 2.15. The van der Waals surface area contributed by atoms with Crippen LogP contribution in [0.4, 0.5) is 0 Å². The lowest BCUT2D eigenvalue weighted by molar-refractivity contribution is 0.0948. The van der Waals surface area contributed by atoms with Crippen LogP contribution in [0.3, 0.4) is 0 Å². The number of carbonyl (C=O) groups excluding carboxylic acids is 1. The Morgan fingerprint density at radius 2 is 2.04 bits per heavy atom. The molecule has 23 heavy (non-hydrogen) atoms. The molecule has 0 fully saturated rings. The molecule has 0 unspecified atom stereocenters. The van der Waals surface area contributed by atoms with E-state index in [9.17, 15) is 4.79 Å². The molecule has 0 bridgehead atoms. The highest BCUT2D eigenvalue weighted by Gasteiger charge is 2.14. The van der Waals surface area contributed by atoms with Gasteiger partial charge in [0.25, 0.3) is 5.91 Å². The second-order valence-corrected chi connectivity index (χ2v) is 5.28. The van der Waals surface area contributed by atoms with E-state index in [2.05, 4.69) is 10.4 Å². The highest BCUT2D eigenvalue weighted by Crippen LogP contribution is 2.27. The minimum absolute atomic E-state index is 0.251. The number of ether oxygens (including phenoxy) is 2. The third-order valence-electron chi connectivity index (χ3n) is 3.40. The van der Waals surface area contributed by atoms with Gasteiger partial charge in [-0.1, -0.05) is 17.7 Å². The SMILES string of the molecule is CCn1cc(Cl)c(C(=O)NCCc2ccc(OC)c(OC)c2)n1. The van der Waals surface area contributed by atoms with Crippen LogP contribution in [0.15, 0.2) is 24.4 Å². The van der Waals surface area contributed by atoms with Crippen LogP contribution >= 0.6 is 11.6 Å². The van der Waals surface area contributed by atoms with Crippen LogP contribution < -0.4 is 14.8 Å². The summed E-state index contributed by atoms with van der Waals surface area (Å²) in [4.78, 5) is 12.1. The molecular weight excluding hydrogens is 318 g/mol. The number of methoxy groups -OCH3 is 2. The fourth-order valence-corrected chi connectivity index (χ4v) is 2.39. The summed E-state index contributed by atoms with van der Waals surface area (Å²) < 4.78 is 12.1. The van der Waals surface area contributed by atoms with Gasteiger partial charge in [0, 0.05) is 19.3 Å². The van der Waals surface area contributed by atoms with Gasteiger partial charge in [0.2, 0.25) is 0 Å². The molecule has 124 valence electrons. The van der Waals surface area contributed by atoms with Gasteiger partial charge >= 0.3 is 0 Å². The molecule has 2 rings (SSSR count). The minimum atomic E-state index is -0.275. The average molecular weight is 338 g/mol. The summed E-state index contributed by atoms with van der Waals surface area (Å²) in [6.45, 7) is 3.07. The third-order valence-corrected chi connectivity index (χ3v) is 3.68. The highest BCUT2D eigenvalue weighted by atomic mass is 35.5. The summed E-state index contributed by atoms with van der Waals surface area (Å²) in [6.07, 6.45) is 2.31. The molecule has 0 spiro atoms. The third kappa shape index (κ3) is 4.16. The summed E-state index contributed by atoms with van der Waals surface area (Å²) in [5.41, 5.74) is 1.29. The molecule has 0 radical (unpaired) electrons. The topological polar surface area (TPSA) is 65.4 Å². The lowest BCUT2D eigenvalue weighted by Crippen LogP contribution is -2.26. The Morgan fingerprint density at radius 1 is 1.30 bits per heavy atom. The number of nitrogens with zero attached hydrogens (tertiary/aromatic N) is 2. The molecule has 1 aromatic heterocycles. The molecule has 1 N–H and O–H groups in total. The molecule has 2 aromatic rings. The van der Waals surface area contributed by atoms with Gasteiger partial charge in [-0.05, 0) is 31.0 Å². The Bertz CT molecular complexity index is 685. The van der Waals surface area contributed by atoms with Crippen LogP contribution in [0.5, 0.6) is 11.5 Å². The molecule has 7 heteroatoms. The molecule has 0 saturated heterocycles. The first-order chi connectivity index (χ1) is 11.1. The molecule has 1 heterocycles. The van der Waals surface area contributed by atoms with Gasteiger partial charge in [-0.15, -0.1) is 0 Å². The van der Waals surface area contributed by atoms with E-state index in [4.69, 9.17) is 21.1 Å². The number of carbonyl (C=O) groups is 1. The molecular formula is C16H20ClN3O3. The molecule has 6 nitrogen and oxygen atoms in total. The molecule has 0 saturated carbocycles. The van der Waals surface area contributed by atoms with Crippen LogP contribution in [0, 0.1) is 0 Å². The monoisotopic (exact) mass is 337 g/mol. The van der Waals surface area contributed by atoms with Crippen LogP contribution in [-0.2, 0) is 13.0 Å². The van der Waals surface area contributed by atoms with E-state index in [0.717, 1.165) is 5.56 Å². The van der Waals surface area contributed by atoms with Crippen molar-refractivity contribution in [1.82, 2.24) is 15.1 Å². The van der Waals surface area contributed by atoms with E-state index in [-0.39, 0.29) is 11.6 Å². The van der Waals surface area contributed by atoms with Crippen molar-refractivity contribution in [1.29, 1.82) is 0 Å². The summed E-state index contributed by atoms with van der Waals surface area (Å²) in [6, 6.07) is 5.67. The predicted molar refractivity (Wildman–Crippen MR) is 88.5 cm³/mol. The van der Waals surface area contributed by atoms with E-state index >= 15 is 0 Å². The molecule has 0 aliphatic heterocycles. The average Bonchev–Trinajstić information content (AvgIpc) is 2.95. The minimum Gasteiger partial charge on any atom is -0.493 e. The summed E-state index contributed by atoms with van der Waals surface area (Å²) in [7, 11) is 3.19. The molecule has 1 aromatic carbocycles. The number of benzene rings is 1. The van der Waals surface area contributed by atoms with Gasteiger partial charge in [0.05, 0.1) is 19.2 Å². The summed E-state index contributed by atoms with van der Waals surface area (Å²) in [5, 5.41) is 7.32. The van der Waals surface area contributed by atoms with Crippen molar-refractivity contribution in [2.24, 2.45) is 0 Å². The molecule has 0 atom stereocenters. The second-order valence-electron chi connectivity index (χ2n) is 4.88. The number of nitrogens with one attached hydrogen (secondary N) is 1. The van der Waals surface area contributed by atoms with Crippen LogP contribution in [-0.4, -0.2) is 36.5 Å². The highest BCUT2D eigenvalue weighted by molar-refractivity contribution is 6.33. The van der Waals surface area contributed by atoms with Crippen molar-refractivity contribution in [3.8, 4) is 11.5 Å². The normalized spacial score (nSPS) is 10.4. The van der Waals surface area contributed by atoms with Crippen molar-refractivity contribution in [2.75, 3.05) is 20.8 Å². The van der Waals surface area contributed by atoms with Gasteiger partial charge in [-0.2, -0.15) is 5.10 Å². The Hall–Kier alpha value is -2.21. The van der Waals surface area contributed by atoms with E-state index < -0.39 is 0 Å². The largest absolute Gasteiger partial charge is 0.493 e. The lowest BCUT2D eigenvalue weighted by Gasteiger charge is -2.10. The van der Waals surface area contributed by atoms with Gasteiger partial charge in [-0.25, -0.2) is 0 Å². The number of aromatic nitrogens is 2. The number of hydrogen-bond donors (Lipinski definition) is 1. The number of hydrogen-bond acceptors (Lipinski definition) is 4. The summed E-state index contributed by atoms with van der Waals surface area (Å²) >= 11 is 6.01. The van der Waals surface area contributed by atoms with E-state index in [1.807, 2.05) is 25.1 Å². The first-order valence-corrected chi connectivity index (χ1v) is 7.68. The van der Waals surface area contributed by atoms with Gasteiger partial charge in [-0.3, -0.25) is 9.48 Å². The Morgan fingerprint density at radius 3 is 2.65 bits per heavy atom. The quantitative estimate of drug-likeness (QED) is 0.843. The van der Waals surface area contributed by atoms with E-state index in [1.165, 1.54) is 0 Å². The van der Waals surface area contributed by atoms with E-state index in [0.29, 0.717) is 36.0 Å². The number of aryl methyl sites for hydroxylation is 1. The van der Waals surface area contributed by atoms with Crippen molar-refractivity contribution in [3.05, 3.63) is 40.7 Å². The molecule has 0 aliphatic rings. The van der Waals surface area contributed by atoms with Crippen LogP contribution in [0.2, 0.25) is 5.02 Å². The Labute approximate surface area is 140 Å². The zero-order valence-corrected chi connectivity index (χ0v) is 14.2. The second kappa shape index (κ2) is 7.87. The molecule has 1 amide bonds. The first kappa shape index (κ1) is 17.1. The summed E-state index contributed by atoms with van der Waals surface area (Å²) in [5.74, 6) is 1.07. The Kier molecular flexibility index (Phi) is 5.87.